The summed E-state index contributed by atoms with van der Waals surface area (Å²) < 4.78 is 0.914. The predicted octanol–water partition coefficient (Wildman–Crippen LogP) is 4.69. The first-order valence-corrected chi connectivity index (χ1v) is 9.30. The summed E-state index contributed by atoms with van der Waals surface area (Å²) in [4.78, 5) is 24.7. The second-order valence-corrected chi connectivity index (χ2v) is 7.38. The zero-order valence-electron chi connectivity index (χ0n) is 14.7. The molecule has 0 saturated carbocycles. The van der Waals surface area contributed by atoms with Crippen molar-refractivity contribution in [3.63, 3.8) is 0 Å². The van der Waals surface area contributed by atoms with Crippen LogP contribution >= 0.6 is 15.9 Å². The average molecular weight is 414 g/mol. The van der Waals surface area contributed by atoms with E-state index in [1.165, 1.54) is 10.6 Å². The molecule has 1 heterocycles. The number of carbonyl (C=O) groups excluding carboxylic acids is 2. The van der Waals surface area contributed by atoms with Gasteiger partial charge in [0.1, 0.15) is 5.71 Å². The standard InChI is InChI=1S/C20H20BrN3O2/c1-13(2)14-3-7-16(8-4-14)22-20(26)18-11-12-19(25)24(23-18)17-9-5-15(21)6-10-17/h3-10,13H,11-12H2,1-2H3,(H,22,26). The highest BCUT2D eigenvalue weighted by molar-refractivity contribution is 9.10. The van der Waals surface area contributed by atoms with Crippen molar-refractivity contribution in [1.82, 2.24) is 0 Å². The Kier molecular flexibility index (Phi) is 5.52. The van der Waals surface area contributed by atoms with Crippen LogP contribution in [0.3, 0.4) is 0 Å². The molecule has 2 aromatic carbocycles. The van der Waals surface area contributed by atoms with Crippen LogP contribution in [0.1, 0.15) is 38.2 Å². The van der Waals surface area contributed by atoms with E-state index in [-0.39, 0.29) is 18.2 Å². The lowest BCUT2D eigenvalue weighted by Crippen LogP contribution is -2.36. The first-order valence-electron chi connectivity index (χ1n) is 8.51. The van der Waals surface area contributed by atoms with Crippen LogP contribution in [0, 0.1) is 0 Å². The molecular weight excluding hydrogens is 394 g/mol. The molecule has 1 aliphatic heterocycles. The zero-order valence-corrected chi connectivity index (χ0v) is 16.3. The van der Waals surface area contributed by atoms with Crippen molar-refractivity contribution in [2.75, 3.05) is 10.3 Å². The number of hydrazone groups is 1. The van der Waals surface area contributed by atoms with Crippen molar-refractivity contribution in [1.29, 1.82) is 0 Å². The third-order valence-electron chi connectivity index (χ3n) is 4.20. The minimum absolute atomic E-state index is 0.120. The second kappa shape index (κ2) is 7.83. The number of carbonyl (C=O) groups is 2. The van der Waals surface area contributed by atoms with E-state index < -0.39 is 0 Å². The third-order valence-corrected chi connectivity index (χ3v) is 4.73. The molecule has 0 aromatic heterocycles. The van der Waals surface area contributed by atoms with Crippen LogP contribution in [0.2, 0.25) is 0 Å². The van der Waals surface area contributed by atoms with Crippen molar-refractivity contribution in [3.8, 4) is 0 Å². The molecule has 0 fully saturated rings. The number of benzene rings is 2. The Bertz CT molecular complexity index is 842. The van der Waals surface area contributed by atoms with Gasteiger partial charge in [0.25, 0.3) is 5.91 Å². The fourth-order valence-corrected chi connectivity index (χ4v) is 2.92. The number of hydrogen-bond donors (Lipinski definition) is 1. The fraction of sp³-hybridized carbons (Fsp3) is 0.250. The van der Waals surface area contributed by atoms with Crippen molar-refractivity contribution >= 4 is 44.8 Å². The fourth-order valence-electron chi connectivity index (χ4n) is 2.66. The molecule has 6 heteroatoms. The van der Waals surface area contributed by atoms with E-state index in [2.05, 4.69) is 40.2 Å². The smallest absolute Gasteiger partial charge is 0.271 e. The Morgan fingerprint density at radius 1 is 1.08 bits per heavy atom. The number of hydrogen-bond acceptors (Lipinski definition) is 3. The van der Waals surface area contributed by atoms with Crippen LogP contribution in [-0.2, 0) is 9.59 Å². The maximum absolute atomic E-state index is 12.5. The van der Waals surface area contributed by atoms with Crippen LogP contribution in [0.15, 0.2) is 58.1 Å². The molecule has 1 N–H and O–H groups in total. The predicted molar refractivity (Wildman–Crippen MR) is 107 cm³/mol. The zero-order chi connectivity index (χ0) is 18.7. The Morgan fingerprint density at radius 2 is 1.73 bits per heavy atom. The summed E-state index contributed by atoms with van der Waals surface area (Å²) in [5.74, 6) is 0.0371. The molecular formula is C20H20BrN3O2. The summed E-state index contributed by atoms with van der Waals surface area (Å²) in [5, 5.41) is 8.43. The minimum atomic E-state index is -0.281. The molecule has 0 unspecified atom stereocenters. The van der Waals surface area contributed by atoms with Gasteiger partial charge >= 0.3 is 0 Å². The second-order valence-electron chi connectivity index (χ2n) is 6.46. The molecule has 26 heavy (non-hydrogen) atoms. The molecule has 0 atom stereocenters. The Balaban J connectivity index is 1.76. The first kappa shape index (κ1) is 18.3. The van der Waals surface area contributed by atoms with Crippen molar-refractivity contribution in [2.24, 2.45) is 5.10 Å². The van der Waals surface area contributed by atoms with Crippen molar-refractivity contribution in [3.05, 3.63) is 58.6 Å². The Hall–Kier alpha value is -2.47. The van der Waals surface area contributed by atoms with Crippen LogP contribution in [0.5, 0.6) is 0 Å². The largest absolute Gasteiger partial charge is 0.321 e. The molecule has 5 nitrogen and oxygen atoms in total. The van der Waals surface area contributed by atoms with E-state index in [0.717, 1.165) is 4.47 Å². The van der Waals surface area contributed by atoms with Gasteiger partial charge in [-0.1, -0.05) is 41.9 Å². The van der Waals surface area contributed by atoms with Crippen molar-refractivity contribution in [2.45, 2.75) is 32.6 Å². The van der Waals surface area contributed by atoms with Crippen LogP contribution in [-0.4, -0.2) is 17.5 Å². The number of nitrogens with one attached hydrogen (secondary N) is 1. The van der Waals surface area contributed by atoms with Gasteiger partial charge in [-0.2, -0.15) is 5.10 Å². The van der Waals surface area contributed by atoms with Crippen LogP contribution in [0.25, 0.3) is 0 Å². The molecule has 134 valence electrons. The number of halogens is 1. The summed E-state index contributed by atoms with van der Waals surface area (Å²) in [7, 11) is 0. The maximum atomic E-state index is 12.5. The molecule has 2 amide bonds. The summed E-state index contributed by atoms with van der Waals surface area (Å²) in [6, 6.07) is 15.0. The number of amides is 2. The normalized spacial score (nSPS) is 14.4. The topological polar surface area (TPSA) is 61.8 Å². The highest BCUT2D eigenvalue weighted by Crippen LogP contribution is 2.23. The summed E-state index contributed by atoms with van der Waals surface area (Å²) in [6.07, 6.45) is 0.594. The van der Waals surface area contributed by atoms with Gasteiger partial charge in [-0.3, -0.25) is 9.59 Å². The van der Waals surface area contributed by atoms with Gasteiger partial charge in [0.05, 0.1) is 5.69 Å². The lowest BCUT2D eigenvalue weighted by Gasteiger charge is -2.23. The van der Waals surface area contributed by atoms with E-state index in [0.29, 0.717) is 29.4 Å². The highest BCUT2D eigenvalue weighted by atomic mass is 79.9. The Morgan fingerprint density at radius 3 is 2.35 bits per heavy atom. The van der Waals surface area contributed by atoms with Gasteiger partial charge in [0.15, 0.2) is 0 Å². The SMILES string of the molecule is CC(C)c1ccc(NC(=O)C2=NN(c3ccc(Br)cc3)C(=O)CC2)cc1. The lowest BCUT2D eigenvalue weighted by molar-refractivity contribution is -0.118. The summed E-state index contributed by atoms with van der Waals surface area (Å²) in [6.45, 7) is 4.25. The summed E-state index contributed by atoms with van der Waals surface area (Å²) in [5.41, 5.74) is 2.92. The first-order chi connectivity index (χ1) is 12.4. The quantitative estimate of drug-likeness (QED) is 0.789. The van der Waals surface area contributed by atoms with E-state index in [1.807, 2.05) is 36.4 Å². The molecule has 0 bridgehead atoms. The average Bonchev–Trinajstić information content (AvgIpc) is 2.63. The van der Waals surface area contributed by atoms with Gasteiger partial charge < -0.3 is 5.32 Å². The molecule has 0 spiro atoms. The molecule has 3 rings (SSSR count). The molecule has 1 aliphatic rings. The van der Waals surface area contributed by atoms with Gasteiger partial charge in [-0.25, -0.2) is 5.01 Å². The lowest BCUT2D eigenvalue weighted by atomic mass is 10.0. The van der Waals surface area contributed by atoms with E-state index in [4.69, 9.17) is 0 Å². The van der Waals surface area contributed by atoms with E-state index >= 15 is 0 Å². The molecule has 0 radical (unpaired) electrons. The maximum Gasteiger partial charge on any atom is 0.271 e. The van der Waals surface area contributed by atoms with Crippen LogP contribution in [0.4, 0.5) is 11.4 Å². The number of anilines is 2. The van der Waals surface area contributed by atoms with E-state index in [9.17, 15) is 9.59 Å². The number of rotatable bonds is 4. The Labute approximate surface area is 161 Å². The van der Waals surface area contributed by atoms with Crippen molar-refractivity contribution < 1.29 is 9.59 Å². The summed E-state index contributed by atoms with van der Waals surface area (Å²) >= 11 is 3.37. The van der Waals surface area contributed by atoms with Crippen LogP contribution < -0.4 is 10.3 Å². The molecule has 0 saturated heterocycles. The third kappa shape index (κ3) is 4.19. The monoisotopic (exact) mass is 413 g/mol. The van der Waals surface area contributed by atoms with Gasteiger partial charge in [0.2, 0.25) is 5.91 Å². The molecule has 2 aromatic rings. The molecule has 0 aliphatic carbocycles. The van der Waals surface area contributed by atoms with Gasteiger partial charge in [-0.15, -0.1) is 0 Å². The van der Waals surface area contributed by atoms with Gasteiger partial charge in [0, 0.05) is 23.0 Å². The highest BCUT2D eigenvalue weighted by Gasteiger charge is 2.25. The minimum Gasteiger partial charge on any atom is -0.321 e. The van der Waals surface area contributed by atoms with Gasteiger partial charge in [-0.05, 0) is 47.9 Å². The van der Waals surface area contributed by atoms with E-state index in [1.54, 1.807) is 12.1 Å². The number of nitrogens with zero attached hydrogens (tertiary/aromatic N) is 2.